The van der Waals surface area contributed by atoms with Crippen LogP contribution in [0.3, 0.4) is 0 Å². The van der Waals surface area contributed by atoms with E-state index in [1.807, 2.05) is 0 Å². The summed E-state index contributed by atoms with van der Waals surface area (Å²) in [6.45, 7) is 0.00168. The van der Waals surface area contributed by atoms with Gasteiger partial charge in [0.15, 0.2) is 0 Å². The van der Waals surface area contributed by atoms with Crippen molar-refractivity contribution in [1.82, 2.24) is 9.55 Å². The normalized spacial score (nSPS) is 12.6. The van der Waals surface area contributed by atoms with E-state index in [0.717, 1.165) is 0 Å². The van der Waals surface area contributed by atoms with Crippen molar-refractivity contribution in [3.05, 3.63) is 33.1 Å². The van der Waals surface area contributed by atoms with Crippen molar-refractivity contribution in [1.29, 1.82) is 0 Å². The molecule has 0 spiro atoms. The number of nitrogens with zero attached hydrogens (tertiary/aromatic N) is 1. The second-order valence-electron chi connectivity index (χ2n) is 3.55. The molecule has 0 aliphatic heterocycles. The first-order valence-corrected chi connectivity index (χ1v) is 5.22. The Morgan fingerprint density at radius 1 is 1.25 bits per heavy atom. The minimum atomic E-state index is -0.483. The standard InChI is InChI=1S/C10H16N2O4/c13-6-1-2-8(4-7-14)12-5-3-9(15)11-10(12)16/h3,5,8,13-14H,1-2,4,6-7H2,(H,11,15,16). The van der Waals surface area contributed by atoms with E-state index in [1.54, 1.807) is 0 Å². The number of hydrogen-bond donors (Lipinski definition) is 3. The van der Waals surface area contributed by atoms with Crippen LogP contribution in [0.15, 0.2) is 21.9 Å². The molecule has 0 radical (unpaired) electrons. The van der Waals surface area contributed by atoms with Gasteiger partial charge in [-0.15, -0.1) is 0 Å². The molecule has 90 valence electrons. The predicted octanol–water partition coefficient (Wildman–Crippen LogP) is -0.767. The van der Waals surface area contributed by atoms with Gasteiger partial charge < -0.3 is 10.2 Å². The zero-order valence-electron chi connectivity index (χ0n) is 8.93. The van der Waals surface area contributed by atoms with Gasteiger partial charge in [0.25, 0.3) is 5.56 Å². The van der Waals surface area contributed by atoms with E-state index >= 15 is 0 Å². The Bertz CT molecular complexity index is 423. The molecule has 0 amide bonds. The monoisotopic (exact) mass is 228 g/mol. The average Bonchev–Trinajstić information content (AvgIpc) is 2.25. The summed E-state index contributed by atoms with van der Waals surface area (Å²) in [5.41, 5.74) is -0.921. The third-order valence-corrected chi connectivity index (χ3v) is 2.40. The highest BCUT2D eigenvalue weighted by Crippen LogP contribution is 2.14. The maximum atomic E-state index is 11.5. The highest BCUT2D eigenvalue weighted by Gasteiger charge is 2.11. The minimum absolute atomic E-state index is 0.0400. The smallest absolute Gasteiger partial charge is 0.328 e. The Labute approximate surface area is 92.2 Å². The number of aliphatic hydroxyl groups is 2. The molecule has 1 rings (SSSR count). The third kappa shape index (κ3) is 3.32. The van der Waals surface area contributed by atoms with Gasteiger partial charge in [0, 0.05) is 31.5 Å². The lowest BCUT2D eigenvalue weighted by Gasteiger charge is -2.17. The summed E-state index contributed by atoms with van der Waals surface area (Å²) in [6, 6.07) is 1.08. The van der Waals surface area contributed by atoms with Crippen LogP contribution < -0.4 is 11.2 Å². The van der Waals surface area contributed by atoms with E-state index in [1.165, 1.54) is 16.8 Å². The van der Waals surface area contributed by atoms with E-state index < -0.39 is 11.2 Å². The van der Waals surface area contributed by atoms with Gasteiger partial charge in [0.05, 0.1) is 0 Å². The Hall–Kier alpha value is -1.40. The lowest BCUT2D eigenvalue weighted by atomic mass is 10.1. The van der Waals surface area contributed by atoms with E-state index in [0.29, 0.717) is 19.3 Å². The summed E-state index contributed by atoms with van der Waals surface area (Å²) in [5, 5.41) is 17.6. The Morgan fingerprint density at radius 3 is 2.56 bits per heavy atom. The fourth-order valence-corrected chi connectivity index (χ4v) is 1.61. The van der Waals surface area contributed by atoms with Gasteiger partial charge in [-0.05, 0) is 19.3 Å². The summed E-state index contributed by atoms with van der Waals surface area (Å²) in [5.74, 6) is 0. The topological polar surface area (TPSA) is 95.3 Å². The first-order valence-electron chi connectivity index (χ1n) is 5.22. The molecule has 0 aromatic carbocycles. The van der Waals surface area contributed by atoms with E-state index in [2.05, 4.69) is 4.98 Å². The SMILES string of the molecule is O=c1ccn(C(CCO)CCCO)c(=O)[nH]1. The molecule has 0 aliphatic rings. The largest absolute Gasteiger partial charge is 0.396 e. The molecule has 1 unspecified atom stereocenters. The number of aromatic amines is 1. The summed E-state index contributed by atoms with van der Waals surface area (Å²) < 4.78 is 1.38. The van der Waals surface area contributed by atoms with Crippen molar-refractivity contribution < 1.29 is 10.2 Å². The summed E-state index contributed by atoms with van der Waals surface area (Å²) in [7, 11) is 0. The molecule has 6 nitrogen and oxygen atoms in total. The molecule has 1 atom stereocenters. The molecule has 6 heteroatoms. The number of rotatable bonds is 6. The van der Waals surface area contributed by atoms with E-state index in [9.17, 15) is 9.59 Å². The molecule has 0 saturated carbocycles. The van der Waals surface area contributed by atoms with Crippen LogP contribution in [0.5, 0.6) is 0 Å². The fourth-order valence-electron chi connectivity index (χ4n) is 1.61. The van der Waals surface area contributed by atoms with Crippen LogP contribution in [0.4, 0.5) is 0 Å². The molecular formula is C10H16N2O4. The van der Waals surface area contributed by atoms with Crippen molar-refractivity contribution in [3.63, 3.8) is 0 Å². The minimum Gasteiger partial charge on any atom is -0.396 e. The lowest BCUT2D eigenvalue weighted by molar-refractivity contribution is 0.230. The van der Waals surface area contributed by atoms with Gasteiger partial charge in [-0.25, -0.2) is 4.79 Å². The maximum Gasteiger partial charge on any atom is 0.328 e. The summed E-state index contributed by atoms with van der Waals surface area (Å²) >= 11 is 0. The molecule has 1 aromatic heterocycles. The first kappa shape index (κ1) is 12.7. The van der Waals surface area contributed by atoms with Crippen molar-refractivity contribution in [3.8, 4) is 0 Å². The zero-order valence-corrected chi connectivity index (χ0v) is 8.93. The van der Waals surface area contributed by atoms with Crippen molar-refractivity contribution in [2.75, 3.05) is 13.2 Å². The van der Waals surface area contributed by atoms with Gasteiger partial charge in [0.2, 0.25) is 0 Å². The van der Waals surface area contributed by atoms with Crippen LogP contribution in [0, 0.1) is 0 Å². The van der Waals surface area contributed by atoms with Gasteiger partial charge >= 0.3 is 5.69 Å². The van der Waals surface area contributed by atoms with Crippen LogP contribution in [0.1, 0.15) is 25.3 Å². The van der Waals surface area contributed by atoms with Gasteiger partial charge in [-0.1, -0.05) is 0 Å². The second-order valence-corrected chi connectivity index (χ2v) is 3.55. The van der Waals surface area contributed by atoms with Crippen LogP contribution in [0.2, 0.25) is 0 Å². The molecule has 0 fully saturated rings. The highest BCUT2D eigenvalue weighted by molar-refractivity contribution is 4.85. The van der Waals surface area contributed by atoms with Crippen molar-refractivity contribution >= 4 is 0 Å². The lowest BCUT2D eigenvalue weighted by Crippen LogP contribution is -2.32. The Kier molecular flexibility index (Phi) is 4.94. The molecule has 1 heterocycles. The molecule has 1 aromatic rings. The maximum absolute atomic E-state index is 11.5. The van der Waals surface area contributed by atoms with Crippen LogP contribution in [0.25, 0.3) is 0 Å². The fraction of sp³-hybridized carbons (Fsp3) is 0.600. The van der Waals surface area contributed by atoms with Crippen LogP contribution in [-0.2, 0) is 0 Å². The molecule has 0 bridgehead atoms. The first-order chi connectivity index (χ1) is 7.69. The number of H-pyrrole nitrogens is 1. The Balaban J connectivity index is 2.91. The molecule has 16 heavy (non-hydrogen) atoms. The van der Waals surface area contributed by atoms with Crippen molar-refractivity contribution in [2.45, 2.75) is 25.3 Å². The number of aliphatic hydroxyl groups excluding tert-OH is 2. The molecule has 3 N–H and O–H groups in total. The highest BCUT2D eigenvalue weighted by atomic mass is 16.3. The summed E-state index contributed by atoms with van der Waals surface area (Å²) in [4.78, 5) is 24.5. The van der Waals surface area contributed by atoms with Crippen LogP contribution >= 0.6 is 0 Å². The Morgan fingerprint density at radius 2 is 2.00 bits per heavy atom. The summed E-state index contributed by atoms with van der Waals surface area (Å²) in [6.07, 6.45) is 2.98. The quantitative estimate of drug-likeness (QED) is 0.596. The van der Waals surface area contributed by atoms with Crippen molar-refractivity contribution in [2.24, 2.45) is 0 Å². The number of hydrogen-bond acceptors (Lipinski definition) is 4. The van der Waals surface area contributed by atoms with E-state index in [4.69, 9.17) is 10.2 Å². The van der Waals surface area contributed by atoms with Gasteiger partial charge in [-0.3, -0.25) is 14.3 Å². The predicted molar refractivity (Wildman–Crippen MR) is 58.4 cm³/mol. The molecule has 0 saturated heterocycles. The number of aromatic nitrogens is 2. The molecular weight excluding hydrogens is 212 g/mol. The zero-order chi connectivity index (χ0) is 12.0. The third-order valence-electron chi connectivity index (χ3n) is 2.40. The van der Waals surface area contributed by atoms with Crippen LogP contribution in [-0.4, -0.2) is 33.0 Å². The molecule has 0 aliphatic carbocycles. The second kappa shape index (κ2) is 6.24. The van der Waals surface area contributed by atoms with Gasteiger partial charge in [-0.2, -0.15) is 0 Å². The average molecular weight is 228 g/mol. The number of nitrogens with one attached hydrogen (secondary N) is 1. The van der Waals surface area contributed by atoms with E-state index in [-0.39, 0.29) is 19.3 Å². The van der Waals surface area contributed by atoms with Gasteiger partial charge in [0.1, 0.15) is 0 Å².